The monoisotopic (exact) mass is 259 g/mol. The molecule has 0 amide bonds. The summed E-state index contributed by atoms with van der Waals surface area (Å²) < 4.78 is 6.52. The summed E-state index contributed by atoms with van der Waals surface area (Å²) >= 11 is 7.43. The van der Waals surface area contributed by atoms with E-state index >= 15 is 0 Å². The van der Waals surface area contributed by atoms with Crippen molar-refractivity contribution in [3.63, 3.8) is 0 Å². The van der Waals surface area contributed by atoms with Crippen molar-refractivity contribution < 1.29 is 4.74 Å². The van der Waals surface area contributed by atoms with Gasteiger partial charge in [-0.15, -0.1) is 11.3 Å². The maximum atomic E-state index is 6.28. The van der Waals surface area contributed by atoms with Gasteiger partial charge in [0.1, 0.15) is 0 Å². The van der Waals surface area contributed by atoms with Crippen molar-refractivity contribution in [3.8, 4) is 0 Å². The molecule has 4 heteroatoms. The van der Waals surface area contributed by atoms with Gasteiger partial charge in [0, 0.05) is 10.4 Å². The maximum Gasteiger partial charge on any atom is 0.0932 e. The fourth-order valence-electron chi connectivity index (χ4n) is 2.18. The van der Waals surface area contributed by atoms with Gasteiger partial charge in [-0.1, -0.05) is 30.9 Å². The largest absolute Gasteiger partial charge is 0.374 e. The highest BCUT2D eigenvalue weighted by molar-refractivity contribution is 7.16. The first-order valence-corrected chi connectivity index (χ1v) is 6.98. The van der Waals surface area contributed by atoms with Crippen LogP contribution in [0, 0.1) is 0 Å². The van der Waals surface area contributed by atoms with E-state index in [-0.39, 0.29) is 5.54 Å². The molecule has 0 aliphatic heterocycles. The quantitative estimate of drug-likeness (QED) is 0.897. The fourth-order valence-corrected chi connectivity index (χ4v) is 3.21. The van der Waals surface area contributed by atoms with Crippen LogP contribution in [0.2, 0.25) is 4.34 Å². The molecule has 0 unspecified atom stereocenters. The van der Waals surface area contributed by atoms with Crippen molar-refractivity contribution in [1.82, 2.24) is 0 Å². The highest BCUT2D eigenvalue weighted by Crippen LogP contribution is 2.27. The highest BCUT2D eigenvalue weighted by Gasteiger charge is 2.27. The van der Waals surface area contributed by atoms with Crippen LogP contribution in [-0.2, 0) is 11.3 Å². The van der Waals surface area contributed by atoms with E-state index in [0.29, 0.717) is 13.2 Å². The van der Waals surface area contributed by atoms with Crippen molar-refractivity contribution >= 4 is 22.9 Å². The number of hydrogen-bond donors (Lipinski definition) is 1. The van der Waals surface area contributed by atoms with Crippen LogP contribution in [0.1, 0.15) is 37.0 Å². The first-order chi connectivity index (χ1) is 7.68. The predicted molar refractivity (Wildman–Crippen MR) is 69.0 cm³/mol. The van der Waals surface area contributed by atoms with Crippen LogP contribution < -0.4 is 5.73 Å². The van der Waals surface area contributed by atoms with Gasteiger partial charge in [0.2, 0.25) is 0 Å². The minimum Gasteiger partial charge on any atom is -0.374 e. The third kappa shape index (κ3) is 3.45. The van der Waals surface area contributed by atoms with E-state index in [0.717, 1.165) is 17.2 Å². The lowest BCUT2D eigenvalue weighted by atomic mass is 9.83. The number of nitrogens with two attached hydrogens (primary N) is 1. The average Bonchev–Trinajstić information content (AvgIpc) is 2.65. The Hall–Kier alpha value is -0.0900. The lowest BCUT2D eigenvalue weighted by molar-refractivity contribution is 0.0588. The molecule has 0 atom stereocenters. The van der Waals surface area contributed by atoms with E-state index in [9.17, 15) is 0 Å². The Morgan fingerprint density at radius 1 is 1.31 bits per heavy atom. The normalized spacial score (nSPS) is 19.9. The summed E-state index contributed by atoms with van der Waals surface area (Å²) in [5.41, 5.74) is 6.20. The fraction of sp³-hybridized carbons (Fsp3) is 0.667. The summed E-state index contributed by atoms with van der Waals surface area (Å²) in [7, 11) is 0. The van der Waals surface area contributed by atoms with Gasteiger partial charge in [0.15, 0.2) is 0 Å². The number of rotatable bonds is 4. The van der Waals surface area contributed by atoms with Gasteiger partial charge in [0.05, 0.1) is 17.6 Å². The molecule has 0 spiro atoms. The number of hydrogen-bond acceptors (Lipinski definition) is 3. The molecule has 2 rings (SSSR count). The van der Waals surface area contributed by atoms with Gasteiger partial charge >= 0.3 is 0 Å². The van der Waals surface area contributed by atoms with Crippen LogP contribution in [0.5, 0.6) is 0 Å². The van der Waals surface area contributed by atoms with Gasteiger partial charge in [0.25, 0.3) is 0 Å². The summed E-state index contributed by atoms with van der Waals surface area (Å²) in [6.07, 6.45) is 5.99. The van der Waals surface area contributed by atoms with Crippen LogP contribution in [0.4, 0.5) is 0 Å². The van der Waals surface area contributed by atoms with Crippen molar-refractivity contribution in [2.75, 3.05) is 6.61 Å². The second-order valence-electron chi connectivity index (χ2n) is 4.62. The van der Waals surface area contributed by atoms with Crippen LogP contribution in [0.3, 0.4) is 0 Å². The second-order valence-corrected chi connectivity index (χ2v) is 6.42. The van der Waals surface area contributed by atoms with Crippen molar-refractivity contribution in [1.29, 1.82) is 0 Å². The first-order valence-electron chi connectivity index (χ1n) is 5.79. The lowest BCUT2D eigenvalue weighted by Crippen LogP contribution is -2.46. The zero-order valence-electron chi connectivity index (χ0n) is 9.38. The molecular weight excluding hydrogens is 242 g/mol. The second kappa shape index (κ2) is 5.50. The summed E-state index contributed by atoms with van der Waals surface area (Å²) in [5.74, 6) is 0. The van der Waals surface area contributed by atoms with E-state index in [1.165, 1.54) is 24.1 Å². The highest BCUT2D eigenvalue weighted by atomic mass is 35.5. The van der Waals surface area contributed by atoms with E-state index in [1.54, 1.807) is 11.3 Å². The maximum absolute atomic E-state index is 6.28. The van der Waals surface area contributed by atoms with Crippen molar-refractivity contribution in [2.24, 2.45) is 5.73 Å². The van der Waals surface area contributed by atoms with Crippen molar-refractivity contribution in [3.05, 3.63) is 21.3 Å². The van der Waals surface area contributed by atoms with Crippen LogP contribution in [0.25, 0.3) is 0 Å². The van der Waals surface area contributed by atoms with Gasteiger partial charge in [-0.2, -0.15) is 0 Å². The van der Waals surface area contributed by atoms with Crippen LogP contribution in [-0.4, -0.2) is 12.1 Å². The molecule has 2 N–H and O–H groups in total. The molecule has 1 aromatic heterocycles. The van der Waals surface area contributed by atoms with E-state index < -0.39 is 0 Å². The van der Waals surface area contributed by atoms with Gasteiger partial charge in [-0.05, 0) is 25.0 Å². The molecule has 16 heavy (non-hydrogen) atoms. The molecule has 90 valence electrons. The van der Waals surface area contributed by atoms with Crippen LogP contribution >= 0.6 is 22.9 Å². The topological polar surface area (TPSA) is 35.2 Å². The number of thiophene rings is 1. The molecule has 1 fully saturated rings. The third-order valence-corrected chi connectivity index (χ3v) is 4.32. The zero-order chi connectivity index (χ0) is 11.4. The zero-order valence-corrected chi connectivity index (χ0v) is 10.9. The minimum atomic E-state index is -0.0840. The van der Waals surface area contributed by atoms with E-state index in [1.807, 2.05) is 12.1 Å². The summed E-state index contributed by atoms with van der Waals surface area (Å²) in [6.45, 7) is 1.30. The molecule has 0 saturated heterocycles. The Labute approximate surface area is 106 Å². The summed E-state index contributed by atoms with van der Waals surface area (Å²) in [4.78, 5) is 1.17. The molecule has 1 aliphatic carbocycles. The molecule has 1 aromatic rings. The van der Waals surface area contributed by atoms with Crippen LogP contribution in [0.15, 0.2) is 12.1 Å². The number of ether oxygens (including phenoxy) is 1. The lowest BCUT2D eigenvalue weighted by Gasteiger charge is -2.32. The van der Waals surface area contributed by atoms with Gasteiger partial charge in [-0.3, -0.25) is 0 Å². The molecule has 1 aliphatic rings. The SMILES string of the molecule is NC1(COCc2ccc(Cl)s2)CCCCC1. The molecular formula is C12H18ClNOS. The van der Waals surface area contributed by atoms with Gasteiger partial charge in [-0.25, -0.2) is 0 Å². The Balaban J connectivity index is 1.74. The Morgan fingerprint density at radius 3 is 2.69 bits per heavy atom. The Kier molecular flexibility index (Phi) is 4.25. The Morgan fingerprint density at radius 2 is 2.06 bits per heavy atom. The summed E-state index contributed by atoms with van der Waals surface area (Å²) in [5, 5.41) is 0. The molecule has 1 heterocycles. The minimum absolute atomic E-state index is 0.0840. The van der Waals surface area contributed by atoms with Gasteiger partial charge < -0.3 is 10.5 Å². The Bertz CT molecular complexity index is 334. The average molecular weight is 260 g/mol. The predicted octanol–water partition coefficient (Wildman–Crippen LogP) is 3.58. The molecule has 0 radical (unpaired) electrons. The molecule has 0 aromatic carbocycles. The molecule has 1 saturated carbocycles. The van der Waals surface area contributed by atoms with E-state index in [2.05, 4.69) is 0 Å². The molecule has 2 nitrogen and oxygen atoms in total. The smallest absolute Gasteiger partial charge is 0.0932 e. The number of halogens is 1. The summed E-state index contributed by atoms with van der Waals surface area (Å²) in [6, 6.07) is 3.92. The third-order valence-electron chi connectivity index (χ3n) is 3.11. The molecule has 0 bridgehead atoms. The standard InChI is InChI=1S/C12H18ClNOS/c13-11-5-4-10(16-11)8-15-9-12(14)6-2-1-3-7-12/h4-5H,1-3,6-9,14H2. The first kappa shape index (κ1) is 12.4. The van der Waals surface area contributed by atoms with E-state index in [4.69, 9.17) is 22.1 Å². The van der Waals surface area contributed by atoms with Crippen molar-refractivity contribution in [2.45, 2.75) is 44.2 Å².